The van der Waals surface area contributed by atoms with Crippen LogP contribution in [-0.4, -0.2) is 33.6 Å². The number of amides is 1. The fourth-order valence-electron chi connectivity index (χ4n) is 2.91. The van der Waals surface area contributed by atoms with E-state index in [1.54, 1.807) is 19.2 Å². The van der Waals surface area contributed by atoms with Crippen molar-refractivity contribution in [2.45, 2.75) is 22.9 Å². The molecule has 0 saturated heterocycles. The number of aromatic nitrogens is 4. The predicted octanol–water partition coefficient (Wildman–Crippen LogP) is 5.15. The van der Waals surface area contributed by atoms with Crippen LogP contribution in [0, 0.1) is 6.92 Å². The molecule has 2 heterocycles. The Hall–Kier alpha value is -3.12. The molecule has 2 aromatic heterocycles. The van der Waals surface area contributed by atoms with Gasteiger partial charge in [-0.25, -0.2) is 5.10 Å². The summed E-state index contributed by atoms with van der Waals surface area (Å²) in [5, 5.41) is 16.2. The van der Waals surface area contributed by atoms with Gasteiger partial charge in [-0.3, -0.25) is 10.1 Å². The Kier molecular flexibility index (Phi) is 5.58. The van der Waals surface area contributed by atoms with Gasteiger partial charge < -0.3 is 4.74 Å². The minimum Gasteiger partial charge on any atom is -0.496 e. The monoisotopic (exact) mass is 465 g/mol. The molecule has 0 aliphatic rings. The SMILES string of the molecule is COc1cc2sc(C(=O)Nc3nnn[nH]3)c(Sc3cccc(C(F)(F)F)c3)c2cc1C. The lowest BCUT2D eigenvalue weighted by molar-refractivity contribution is -0.137. The highest BCUT2D eigenvalue weighted by atomic mass is 32.2. The summed E-state index contributed by atoms with van der Waals surface area (Å²) in [6.07, 6.45) is -4.46. The summed E-state index contributed by atoms with van der Waals surface area (Å²) in [5.41, 5.74) is 0.0821. The lowest BCUT2D eigenvalue weighted by atomic mass is 10.1. The normalized spacial score (nSPS) is 11.6. The lowest BCUT2D eigenvalue weighted by Gasteiger charge is -2.10. The zero-order chi connectivity index (χ0) is 22.2. The van der Waals surface area contributed by atoms with Crippen molar-refractivity contribution in [3.8, 4) is 5.75 Å². The molecule has 0 radical (unpaired) electrons. The third-order valence-electron chi connectivity index (χ3n) is 4.32. The zero-order valence-electron chi connectivity index (χ0n) is 16.1. The molecule has 4 rings (SSSR count). The zero-order valence-corrected chi connectivity index (χ0v) is 17.7. The van der Waals surface area contributed by atoms with Gasteiger partial charge in [-0.1, -0.05) is 22.9 Å². The van der Waals surface area contributed by atoms with Gasteiger partial charge in [0.25, 0.3) is 5.91 Å². The number of ether oxygens (including phenoxy) is 1. The number of hydrogen-bond donors (Lipinski definition) is 2. The maximum absolute atomic E-state index is 13.1. The maximum atomic E-state index is 13.1. The van der Waals surface area contributed by atoms with Crippen LogP contribution in [0.4, 0.5) is 19.1 Å². The Morgan fingerprint density at radius 3 is 2.74 bits per heavy atom. The molecule has 2 N–H and O–H groups in total. The molecule has 12 heteroatoms. The highest BCUT2D eigenvalue weighted by molar-refractivity contribution is 7.99. The molecular weight excluding hydrogens is 451 g/mol. The summed E-state index contributed by atoms with van der Waals surface area (Å²) in [6, 6.07) is 8.64. The van der Waals surface area contributed by atoms with Gasteiger partial charge >= 0.3 is 6.18 Å². The highest BCUT2D eigenvalue weighted by Gasteiger charge is 2.31. The van der Waals surface area contributed by atoms with E-state index in [1.807, 2.05) is 13.0 Å². The number of benzene rings is 2. The smallest absolute Gasteiger partial charge is 0.416 e. The van der Waals surface area contributed by atoms with E-state index >= 15 is 0 Å². The molecule has 0 spiro atoms. The number of fused-ring (bicyclic) bond motifs is 1. The van der Waals surface area contributed by atoms with Crippen LogP contribution in [0.3, 0.4) is 0 Å². The van der Waals surface area contributed by atoms with Crippen LogP contribution >= 0.6 is 23.1 Å². The van der Waals surface area contributed by atoms with Crippen molar-refractivity contribution < 1.29 is 22.7 Å². The number of thiophene rings is 1. The average Bonchev–Trinajstić information content (AvgIpc) is 3.35. The fraction of sp³-hybridized carbons (Fsp3) is 0.158. The summed E-state index contributed by atoms with van der Waals surface area (Å²) in [4.78, 5) is 14.1. The van der Waals surface area contributed by atoms with Crippen LogP contribution in [0.1, 0.15) is 20.8 Å². The topological polar surface area (TPSA) is 92.8 Å². The quantitative estimate of drug-likeness (QED) is 0.423. The van der Waals surface area contributed by atoms with Crippen molar-refractivity contribution in [1.29, 1.82) is 0 Å². The first-order chi connectivity index (χ1) is 14.8. The fourth-order valence-corrected chi connectivity index (χ4v) is 5.26. The average molecular weight is 465 g/mol. The molecule has 0 fully saturated rings. The van der Waals surface area contributed by atoms with Gasteiger partial charge in [0.2, 0.25) is 5.95 Å². The van der Waals surface area contributed by atoms with Crippen molar-refractivity contribution in [2.24, 2.45) is 0 Å². The molecule has 0 aliphatic heterocycles. The first-order valence-electron chi connectivity index (χ1n) is 8.77. The van der Waals surface area contributed by atoms with Gasteiger partial charge in [-0.15, -0.1) is 11.3 Å². The maximum Gasteiger partial charge on any atom is 0.416 e. The number of halogens is 3. The number of nitrogens with one attached hydrogen (secondary N) is 2. The number of aromatic amines is 1. The van der Waals surface area contributed by atoms with Gasteiger partial charge in [0, 0.05) is 19.9 Å². The number of hydrogen-bond acceptors (Lipinski definition) is 7. The van der Waals surface area contributed by atoms with Crippen LogP contribution in [0.5, 0.6) is 5.75 Å². The Balaban J connectivity index is 1.81. The second-order valence-corrected chi connectivity index (χ2v) is 8.55. The number of carbonyl (C=O) groups is 1. The van der Waals surface area contributed by atoms with Crippen molar-refractivity contribution in [3.05, 3.63) is 52.4 Å². The van der Waals surface area contributed by atoms with E-state index in [9.17, 15) is 18.0 Å². The number of nitrogens with zero attached hydrogens (tertiary/aromatic N) is 3. The third-order valence-corrected chi connectivity index (χ3v) is 6.72. The Morgan fingerprint density at radius 1 is 1.26 bits per heavy atom. The lowest BCUT2D eigenvalue weighted by Crippen LogP contribution is -2.12. The molecule has 160 valence electrons. The number of anilines is 1. The molecule has 0 saturated carbocycles. The largest absolute Gasteiger partial charge is 0.496 e. The molecule has 0 aliphatic carbocycles. The number of carbonyl (C=O) groups excluding carboxylic acids is 1. The summed E-state index contributed by atoms with van der Waals surface area (Å²) in [7, 11) is 1.55. The van der Waals surface area contributed by atoms with E-state index in [0.717, 1.165) is 39.5 Å². The standard InChI is InChI=1S/C19H14F3N5O2S2/c1-9-6-12-14(8-13(9)29-2)31-16(17(28)23-18-24-26-27-25-18)15(12)30-11-5-3-4-10(7-11)19(20,21)22/h3-8H,1-2H3,(H2,23,24,25,26,27,28). The number of tetrazole rings is 1. The van der Waals surface area contributed by atoms with Gasteiger partial charge in [0.05, 0.1) is 12.7 Å². The minimum absolute atomic E-state index is 0.0613. The van der Waals surface area contributed by atoms with E-state index in [-0.39, 0.29) is 5.95 Å². The van der Waals surface area contributed by atoms with E-state index in [0.29, 0.717) is 20.4 Å². The minimum atomic E-state index is -4.46. The molecule has 7 nitrogen and oxygen atoms in total. The summed E-state index contributed by atoms with van der Waals surface area (Å²) >= 11 is 2.29. The summed E-state index contributed by atoms with van der Waals surface area (Å²) in [5.74, 6) is 0.229. The number of H-pyrrole nitrogens is 1. The van der Waals surface area contributed by atoms with Crippen molar-refractivity contribution >= 4 is 45.0 Å². The second-order valence-electron chi connectivity index (χ2n) is 6.41. The Bertz CT molecular complexity index is 1260. The molecule has 0 unspecified atom stereocenters. The van der Waals surface area contributed by atoms with Gasteiger partial charge in [-0.05, 0) is 53.2 Å². The van der Waals surface area contributed by atoms with Crippen LogP contribution in [0.2, 0.25) is 0 Å². The van der Waals surface area contributed by atoms with Gasteiger partial charge in [0.1, 0.15) is 10.6 Å². The Morgan fingerprint density at radius 2 is 2.06 bits per heavy atom. The first kappa shape index (κ1) is 21.1. The van der Waals surface area contributed by atoms with Crippen LogP contribution in [0.25, 0.3) is 10.1 Å². The third kappa shape index (κ3) is 4.35. The predicted molar refractivity (Wildman–Crippen MR) is 111 cm³/mol. The van der Waals surface area contributed by atoms with Gasteiger partial charge in [0.15, 0.2) is 0 Å². The van der Waals surface area contributed by atoms with Crippen LogP contribution in [-0.2, 0) is 6.18 Å². The van der Waals surface area contributed by atoms with E-state index < -0.39 is 17.6 Å². The van der Waals surface area contributed by atoms with Crippen molar-refractivity contribution in [1.82, 2.24) is 20.6 Å². The van der Waals surface area contributed by atoms with Crippen molar-refractivity contribution in [2.75, 3.05) is 12.4 Å². The number of methoxy groups -OCH3 is 1. The summed E-state index contributed by atoms with van der Waals surface area (Å²) < 4.78 is 45.6. The number of rotatable bonds is 5. The van der Waals surface area contributed by atoms with E-state index in [4.69, 9.17) is 4.74 Å². The van der Waals surface area contributed by atoms with E-state index in [2.05, 4.69) is 25.9 Å². The molecule has 0 atom stereocenters. The molecule has 0 bridgehead atoms. The number of aryl methyl sites for hydroxylation is 1. The number of alkyl halides is 3. The molecule has 2 aromatic carbocycles. The highest BCUT2D eigenvalue weighted by Crippen LogP contribution is 2.44. The van der Waals surface area contributed by atoms with Crippen LogP contribution < -0.4 is 10.1 Å². The first-order valence-corrected chi connectivity index (χ1v) is 10.4. The van der Waals surface area contributed by atoms with Gasteiger partial charge in [-0.2, -0.15) is 13.2 Å². The summed E-state index contributed by atoms with van der Waals surface area (Å²) in [6.45, 7) is 1.86. The molecule has 1 amide bonds. The Labute approximate surface area is 182 Å². The second kappa shape index (κ2) is 8.19. The van der Waals surface area contributed by atoms with Crippen molar-refractivity contribution in [3.63, 3.8) is 0 Å². The molecule has 31 heavy (non-hydrogen) atoms. The van der Waals surface area contributed by atoms with E-state index in [1.165, 1.54) is 17.4 Å². The molecule has 4 aromatic rings. The molecular formula is C19H14F3N5O2S2. The van der Waals surface area contributed by atoms with Crippen LogP contribution in [0.15, 0.2) is 46.2 Å².